The lowest BCUT2D eigenvalue weighted by Gasteiger charge is -2.27. The molecule has 0 radical (unpaired) electrons. The number of carbonyl (C=O) groups is 4. The largest absolute Gasteiger partial charge is 0.445 e. The van der Waals surface area contributed by atoms with Gasteiger partial charge in [-0.1, -0.05) is 44.2 Å². The van der Waals surface area contributed by atoms with Crippen molar-refractivity contribution in [3.63, 3.8) is 0 Å². The third-order valence-electron chi connectivity index (χ3n) is 6.19. The summed E-state index contributed by atoms with van der Waals surface area (Å²) in [6.07, 6.45) is 0.523. The average molecular weight is 541 g/mol. The van der Waals surface area contributed by atoms with Crippen molar-refractivity contribution < 1.29 is 42.0 Å². The molecule has 0 spiro atoms. The van der Waals surface area contributed by atoms with Gasteiger partial charge in [-0.15, -0.1) is 0 Å². The molecule has 0 aliphatic heterocycles. The first-order valence-corrected chi connectivity index (χ1v) is 13.8. The Balaban J connectivity index is 1.98. The maximum Gasteiger partial charge on any atom is 0.407 e. The van der Waals surface area contributed by atoms with Gasteiger partial charge in [0.2, 0.25) is 11.3 Å². The SMILES string of the molecule is CC(C)C[C@H](CC(=O)CNC(=O)OCc1ccccc1)C(=O)N[C@@H](CC1CCCC1=O)C(O)S(=O)(=O)O. The molecule has 0 saturated heterocycles. The highest BCUT2D eigenvalue weighted by atomic mass is 32.2. The fourth-order valence-electron chi connectivity index (χ4n) is 4.34. The van der Waals surface area contributed by atoms with Crippen LogP contribution in [0, 0.1) is 17.8 Å². The van der Waals surface area contributed by atoms with E-state index in [0.717, 1.165) is 5.56 Å². The van der Waals surface area contributed by atoms with E-state index >= 15 is 0 Å². The molecule has 2 amide bonds. The number of ether oxygens (including phenoxy) is 1. The number of hydrogen-bond acceptors (Lipinski definition) is 8. The van der Waals surface area contributed by atoms with Gasteiger partial charge in [-0.25, -0.2) is 4.79 Å². The summed E-state index contributed by atoms with van der Waals surface area (Å²) in [5.74, 6) is -2.67. The molecule has 0 heterocycles. The Hall–Kier alpha value is -2.83. The monoisotopic (exact) mass is 540 g/mol. The van der Waals surface area contributed by atoms with Gasteiger partial charge in [-0.3, -0.25) is 18.9 Å². The number of benzene rings is 1. The Labute approximate surface area is 217 Å². The maximum atomic E-state index is 13.1. The van der Waals surface area contributed by atoms with Gasteiger partial charge in [-0.2, -0.15) is 8.42 Å². The number of Topliss-reactive ketones (excluding diaryl/α,β-unsaturated/α-hetero) is 2. The molecule has 2 rings (SSSR count). The molecule has 206 valence electrons. The van der Waals surface area contributed by atoms with E-state index in [9.17, 15) is 37.3 Å². The zero-order chi connectivity index (χ0) is 27.6. The second-order valence-corrected chi connectivity index (χ2v) is 11.3. The minimum atomic E-state index is -4.92. The van der Waals surface area contributed by atoms with Crippen LogP contribution in [0.5, 0.6) is 0 Å². The van der Waals surface area contributed by atoms with E-state index in [1.165, 1.54) is 0 Å². The summed E-state index contributed by atoms with van der Waals surface area (Å²) in [7, 11) is -4.92. The average Bonchev–Trinajstić information content (AvgIpc) is 3.24. The van der Waals surface area contributed by atoms with Crippen LogP contribution in [-0.2, 0) is 35.8 Å². The zero-order valence-corrected chi connectivity index (χ0v) is 21.9. The van der Waals surface area contributed by atoms with Crippen molar-refractivity contribution in [1.82, 2.24) is 10.6 Å². The zero-order valence-electron chi connectivity index (χ0n) is 21.1. The van der Waals surface area contributed by atoms with Gasteiger partial charge in [0, 0.05) is 24.7 Å². The third-order valence-corrected chi connectivity index (χ3v) is 7.13. The molecule has 11 nitrogen and oxygen atoms in total. The summed E-state index contributed by atoms with van der Waals surface area (Å²) >= 11 is 0. The molecule has 4 N–H and O–H groups in total. The molecular weight excluding hydrogens is 504 g/mol. The molecule has 37 heavy (non-hydrogen) atoms. The van der Waals surface area contributed by atoms with Crippen LogP contribution < -0.4 is 10.6 Å². The van der Waals surface area contributed by atoms with E-state index in [-0.39, 0.29) is 44.1 Å². The van der Waals surface area contributed by atoms with Gasteiger partial charge >= 0.3 is 6.09 Å². The van der Waals surface area contributed by atoms with Crippen molar-refractivity contribution in [2.45, 2.75) is 70.5 Å². The number of aliphatic hydroxyl groups is 1. The predicted molar refractivity (Wildman–Crippen MR) is 134 cm³/mol. The Kier molecular flexibility index (Phi) is 11.7. The normalized spacial score (nSPS) is 18.2. The van der Waals surface area contributed by atoms with Gasteiger partial charge in [0.25, 0.3) is 10.1 Å². The number of ketones is 2. The van der Waals surface area contributed by atoms with E-state index < -0.39 is 51.2 Å². The lowest BCUT2D eigenvalue weighted by Crippen LogP contribution is -2.50. The molecule has 0 bridgehead atoms. The van der Waals surface area contributed by atoms with Gasteiger partial charge in [-0.05, 0) is 37.2 Å². The number of amides is 2. The maximum absolute atomic E-state index is 13.1. The molecule has 1 aromatic carbocycles. The van der Waals surface area contributed by atoms with E-state index in [0.29, 0.717) is 19.3 Å². The Morgan fingerprint density at radius 2 is 1.84 bits per heavy atom. The van der Waals surface area contributed by atoms with Crippen LogP contribution in [0.2, 0.25) is 0 Å². The molecule has 1 fully saturated rings. The van der Waals surface area contributed by atoms with Crippen LogP contribution >= 0.6 is 0 Å². The first kappa shape index (κ1) is 30.4. The predicted octanol–water partition coefficient (Wildman–Crippen LogP) is 1.98. The van der Waals surface area contributed by atoms with E-state index in [2.05, 4.69) is 10.6 Å². The van der Waals surface area contributed by atoms with Crippen molar-refractivity contribution in [1.29, 1.82) is 0 Å². The van der Waals surface area contributed by atoms with E-state index in [1.807, 2.05) is 19.9 Å². The molecular formula is C25H36N2O9S. The van der Waals surface area contributed by atoms with Gasteiger partial charge < -0.3 is 20.5 Å². The number of rotatable bonds is 14. The number of hydrogen-bond donors (Lipinski definition) is 4. The number of carbonyl (C=O) groups excluding carboxylic acids is 4. The van der Waals surface area contributed by atoms with Gasteiger partial charge in [0.05, 0.1) is 12.6 Å². The van der Waals surface area contributed by atoms with Crippen LogP contribution in [0.1, 0.15) is 57.9 Å². The Bertz CT molecular complexity index is 1040. The van der Waals surface area contributed by atoms with Crippen LogP contribution in [0.4, 0.5) is 4.79 Å². The topological polar surface area (TPSA) is 176 Å². The van der Waals surface area contributed by atoms with E-state index in [4.69, 9.17) is 4.74 Å². The van der Waals surface area contributed by atoms with Crippen molar-refractivity contribution >= 4 is 33.7 Å². The summed E-state index contributed by atoms with van der Waals surface area (Å²) in [6, 6.07) is 7.55. The molecule has 0 aromatic heterocycles. The van der Waals surface area contributed by atoms with Crippen molar-refractivity contribution in [3.8, 4) is 0 Å². The van der Waals surface area contributed by atoms with Crippen LogP contribution in [0.15, 0.2) is 30.3 Å². The lowest BCUT2D eigenvalue weighted by atomic mass is 9.90. The van der Waals surface area contributed by atoms with Gasteiger partial charge in [0.15, 0.2) is 5.78 Å². The van der Waals surface area contributed by atoms with Crippen LogP contribution in [-0.4, -0.2) is 59.7 Å². The third kappa shape index (κ3) is 10.6. The number of aliphatic hydroxyl groups excluding tert-OH is 1. The second-order valence-electron chi connectivity index (χ2n) is 9.80. The molecule has 1 aliphatic rings. The minimum Gasteiger partial charge on any atom is -0.445 e. The fraction of sp³-hybridized carbons (Fsp3) is 0.600. The fourth-order valence-corrected chi connectivity index (χ4v) is 4.94. The summed E-state index contributed by atoms with van der Waals surface area (Å²) in [5.41, 5.74) is -1.54. The molecule has 12 heteroatoms. The highest BCUT2D eigenvalue weighted by Crippen LogP contribution is 2.27. The Morgan fingerprint density at radius 3 is 2.41 bits per heavy atom. The molecule has 1 saturated carbocycles. The molecule has 1 aliphatic carbocycles. The standard InChI is InChI=1S/C25H36N2O9S/c1-16(2)11-19(12-20(28)14-26-25(32)36-15-17-7-4-3-5-8-17)23(30)27-21(24(31)37(33,34)35)13-18-9-6-10-22(18)29/h3-5,7-8,16,18-19,21,24,31H,6,9-15H2,1-2H3,(H,26,32)(H,27,30)(H,33,34,35)/t18?,19-,21+,24?/m1/s1. The number of alkyl carbamates (subject to hydrolysis) is 1. The quantitative estimate of drug-likeness (QED) is 0.257. The van der Waals surface area contributed by atoms with Crippen LogP contribution in [0.25, 0.3) is 0 Å². The van der Waals surface area contributed by atoms with E-state index in [1.54, 1.807) is 24.3 Å². The van der Waals surface area contributed by atoms with Crippen molar-refractivity contribution in [2.24, 2.45) is 17.8 Å². The molecule has 1 aromatic rings. The summed E-state index contributed by atoms with van der Waals surface area (Å²) in [5, 5.41) is 15.0. The lowest BCUT2D eigenvalue weighted by molar-refractivity contribution is -0.131. The molecule has 4 atom stereocenters. The van der Waals surface area contributed by atoms with Crippen LogP contribution in [0.3, 0.4) is 0 Å². The summed E-state index contributed by atoms with van der Waals surface area (Å²) < 4.78 is 37.6. The minimum absolute atomic E-state index is 0.00583. The van der Waals surface area contributed by atoms with Crippen molar-refractivity contribution in [3.05, 3.63) is 35.9 Å². The second kappa shape index (κ2) is 14.2. The highest BCUT2D eigenvalue weighted by Gasteiger charge is 2.37. The Morgan fingerprint density at radius 1 is 1.16 bits per heavy atom. The molecule has 2 unspecified atom stereocenters. The van der Waals surface area contributed by atoms with Crippen molar-refractivity contribution in [2.75, 3.05) is 6.54 Å². The first-order chi connectivity index (χ1) is 17.4. The first-order valence-electron chi connectivity index (χ1n) is 12.3. The van der Waals surface area contributed by atoms with Gasteiger partial charge in [0.1, 0.15) is 12.4 Å². The highest BCUT2D eigenvalue weighted by molar-refractivity contribution is 7.86. The smallest absolute Gasteiger partial charge is 0.407 e. The summed E-state index contributed by atoms with van der Waals surface area (Å²) in [4.78, 5) is 49.6. The number of nitrogens with one attached hydrogen (secondary N) is 2. The summed E-state index contributed by atoms with van der Waals surface area (Å²) in [6.45, 7) is 3.33.